The van der Waals surface area contributed by atoms with Crippen molar-refractivity contribution >= 4 is 11.4 Å². The fraction of sp³-hybridized carbons (Fsp3) is 0.263. The third-order valence-electron chi connectivity index (χ3n) is 3.58. The number of hydrogen-bond donors (Lipinski definition) is 2. The first kappa shape index (κ1) is 15.2. The van der Waals surface area contributed by atoms with Gasteiger partial charge in [0.1, 0.15) is 0 Å². The zero-order valence-electron chi connectivity index (χ0n) is 13.0. The van der Waals surface area contributed by atoms with E-state index in [1.54, 1.807) is 0 Å². The van der Waals surface area contributed by atoms with Gasteiger partial charge >= 0.3 is 0 Å². The molecule has 0 aliphatic rings. The fourth-order valence-corrected chi connectivity index (χ4v) is 2.26. The second-order valence-electron chi connectivity index (χ2n) is 5.50. The van der Waals surface area contributed by atoms with Crippen LogP contribution in [0.2, 0.25) is 0 Å². The van der Waals surface area contributed by atoms with E-state index in [1.807, 2.05) is 24.3 Å². The van der Waals surface area contributed by atoms with Crippen LogP contribution in [0.15, 0.2) is 72.4 Å². The summed E-state index contributed by atoms with van der Waals surface area (Å²) in [6.45, 7) is 6.56. The number of hydrogen-bond acceptors (Lipinski definition) is 2. The van der Waals surface area contributed by atoms with Gasteiger partial charge in [-0.2, -0.15) is 0 Å². The van der Waals surface area contributed by atoms with Crippen LogP contribution in [0.25, 0.3) is 0 Å². The minimum atomic E-state index is 0.375. The second-order valence-corrected chi connectivity index (χ2v) is 5.50. The molecule has 21 heavy (non-hydrogen) atoms. The number of nitrogens with one attached hydrogen (secondary N) is 2. The van der Waals surface area contributed by atoms with Crippen LogP contribution < -0.4 is 10.6 Å². The number of anilines is 2. The standard InChI is InChI=1S/C19H24N2/c1-15(17(3)21-19-12-8-5-9-13-19)14-16(2)20-18-10-6-4-7-11-18/h4-15,17,20-21H,1-3H3/b16-14-/t15?,17-/m1/s1. The predicted octanol–water partition coefficient (Wildman–Crippen LogP) is 5.14. The third-order valence-corrected chi connectivity index (χ3v) is 3.58. The minimum absolute atomic E-state index is 0.375. The Morgan fingerprint density at radius 2 is 1.38 bits per heavy atom. The molecule has 0 amide bonds. The lowest BCUT2D eigenvalue weighted by Crippen LogP contribution is -2.23. The lowest BCUT2D eigenvalue weighted by molar-refractivity contribution is 0.615. The first-order valence-electron chi connectivity index (χ1n) is 7.47. The molecule has 0 saturated carbocycles. The summed E-state index contributed by atoms with van der Waals surface area (Å²) < 4.78 is 0. The molecule has 1 unspecified atom stereocenters. The molecule has 0 aromatic heterocycles. The van der Waals surface area contributed by atoms with Crippen molar-refractivity contribution in [2.45, 2.75) is 26.8 Å². The third kappa shape index (κ3) is 4.99. The Morgan fingerprint density at radius 3 is 1.95 bits per heavy atom. The van der Waals surface area contributed by atoms with Crippen LogP contribution in [-0.2, 0) is 0 Å². The van der Waals surface area contributed by atoms with Gasteiger partial charge in [0.05, 0.1) is 0 Å². The van der Waals surface area contributed by atoms with E-state index in [9.17, 15) is 0 Å². The van der Waals surface area contributed by atoms with E-state index in [0.717, 1.165) is 5.69 Å². The summed E-state index contributed by atoms with van der Waals surface area (Å²) in [6.07, 6.45) is 2.27. The average molecular weight is 280 g/mol. The summed E-state index contributed by atoms with van der Waals surface area (Å²) in [5, 5.41) is 6.96. The van der Waals surface area contributed by atoms with Crippen molar-refractivity contribution in [2.75, 3.05) is 10.6 Å². The highest BCUT2D eigenvalue weighted by Crippen LogP contribution is 2.16. The van der Waals surface area contributed by atoms with E-state index in [0.29, 0.717) is 12.0 Å². The van der Waals surface area contributed by atoms with Crippen molar-refractivity contribution < 1.29 is 0 Å². The van der Waals surface area contributed by atoms with Gasteiger partial charge < -0.3 is 10.6 Å². The van der Waals surface area contributed by atoms with Gasteiger partial charge in [0.15, 0.2) is 0 Å². The molecule has 2 rings (SSSR count). The van der Waals surface area contributed by atoms with Crippen LogP contribution in [-0.4, -0.2) is 6.04 Å². The molecule has 0 aliphatic carbocycles. The summed E-state index contributed by atoms with van der Waals surface area (Å²) in [5.41, 5.74) is 3.47. The molecule has 0 saturated heterocycles. The Kier molecular flexibility index (Phi) is 5.44. The smallest absolute Gasteiger partial charge is 0.0381 e. The van der Waals surface area contributed by atoms with Gasteiger partial charge in [-0.05, 0) is 44.0 Å². The van der Waals surface area contributed by atoms with Crippen molar-refractivity contribution in [3.05, 3.63) is 72.4 Å². The van der Waals surface area contributed by atoms with Gasteiger partial charge in [-0.1, -0.05) is 49.4 Å². The van der Waals surface area contributed by atoms with Crippen LogP contribution in [0.5, 0.6) is 0 Å². The van der Waals surface area contributed by atoms with Crippen molar-refractivity contribution in [2.24, 2.45) is 5.92 Å². The highest BCUT2D eigenvalue weighted by atomic mass is 14.9. The Bertz CT molecular complexity index is 561. The zero-order chi connectivity index (χ0) is 15.1. The first-order chi connectivity index (χ1) is 10.1. The largest absolute Gasteiger partial charge is 0.382 e. The highest BCUT2D eigenvalue weighted by Gasteiger charge is 2.09. The molecule has 0 aliphatic heterocycles. The van der Waals surface area contributed by atoms with E-state index in [2.05, 4.69) is 73.9 Å². The average Bonchev–Trinajstić information content (AvgIpc) is 2.49. The van der Waals surface area contributed by atoms with Gasteiger partial charge in [0, 0.05) is 23.1 Å². The molecular weight excluding hydrogens is 256 g/mol. The van der Waals surface area contributed by atoms with Crippen molar-refractivity contribution in [1.29, 1.82) is 0 Å². The Labute approximate surface area is 127 Å². The van der Waals surface area contributed by atoms with Crippen molar-refractivity contribution in [1.82, 2.24) is 0 Å². The normalized spacial score (nSPS) is 14.3. The number of para-hydroxylation sites is 2. The van der Waals surface area contributed by atoms with Gasteiger partial charge in [-0.3, -0.25) is 0 Å². The maximum atomic E-state index is 3.54. The van der Waals surface area contributed by atoms with Crippen LogP contribution in [0.3, 0.4) is 0 Å². The molecule has 2 heteroatoms. The van der Waals surface area contributed by atoms with Crippen molar-refractivity contribution in [3.8, 4) is 0 Å². The topological polar surface area (TPSA) is 24.1 Å². The van der Waals surface area contributed by atoms with Crippen LogP contribution in [0.1, 0.15) is 20.8 Å². The summed E-state index contributed by atoms with van der Waals surface area (Å²) in [6, 6.07) is 21.0. The maximum Gasteiger partial charge on any atom is 0.0381 e. The summed E-state index contributed by atoms with van der Waals surface area (Å²) >= 11 is 0. The van der Waals surface area contributed by atoms with Crippen LogP contribution >= 0.6 is 0 Å². The number of allylic oxidation sites excluding steroid dienone is 1. The summed E-state index contributed by atoms with van der Waals surface area (Å²) in [7, 11) is 0. The second kappa shape index (κ2) is 7.53. The molecule has 110 valence electrons. The molecule has 2 aromatic rings. The lowest BCUT2D eigenvalue weighted by Gasteiger charge is -2.21. The Morgan fingerprint density at radius 1 is 0.857 bits per heavy atom. The predicted molar refractivity (Wildman–Crippen MR) is 92.5 cm³/mol. The minimum Gasteiger partial charge on any atom is -0.382 e. The van der Waals surface area contributed by atoms with Gasteiger partial charge in [0.2, 0.25) is 0 Å². The molecule has 0 spiro atoms. The van der Waals surface area contributed by atoms with Gasteiger partial charge in [-0.15, -0.1) is 0 Å². The molecular formula is C19H24N2. The van der Waals surface area contributed by atoms with Gasteiger partial charge in [0.25, 0.3) is 0 Å². The lowest BCUT2D eigenvalue weighted by atomic mass is 10.0. The SMILES string of the molecule is C/C(=C/C(C)[C@@H](C)Nc1ccccc1)Nc1ccccc1. The monoisotopic (exact) mass is 280 g/mol. The quantitative estimate of drug-likeness (QED) is 0.765. The van der Waals surface area contributed by atoms with Crippen LogP contribution in [0.4, 0.5) is 11.4 Å². The van der Waals surface area contributed by atoms with E-state index in [-0.39, 0.29) is 0 Å². The highest BCUT2D eigenvalue weighted by molar-refractivity contribution is 5.47. The maximum absolute atomic E-state index is 3.54. The molecule has 2 nitrogen and oxygen atoms in total. The number of benzene rings is 2. The van der Waals surface area contributed by atoms with Crippen molar-refractivity contribution in [3.63, 3.8) is 0 Å². The molecule has 0 heterocycles. The molecule has 0 radical (unpaired) electrons. The Hall–Kier alpha value is -2.22. The Balaban J connectivity index is 1.92. The molecule has 0 bridgehead atoms. The van der Waals surface area contributed by atoms with Gasteiger partial charge in [-0.25, -0.2) is 0 Å². The summed E-state index contributed by atoms with van der Waals surface area (Å²) in [4.78, 5) is 0. The van der Waals surface area contributed by atoms with E-state index < -0.39 is 0 Å². The van der Waals surface area contributed by atoms with E-state index in [1.165, 1.54) is 11.4 Å². The summed E-state index contributed by atoms with van der Waals surface area (Å²) in [5.74, 6) is 0.432. The van der Waals surface area contributed by atoms with Crippen LogP contribution in [0, 0.1) is 5.92 Å². The molecule has 2 atom stereocenters. The van der Waals surface area contributed by atoms with E-state index >= 15 is 0 Å². The van der Waals surface area contributed by atoms with E-state index in [4.69, 9.17) is 0 Å². The number of rotatable bonds is 6. The molecule has 2 aromatic carbocycles. The molecule has 2 N–H and O–H groups in total. The molecule has 0 fully saturated rings. The first-order valence-corrected chi connectivity index (χ1v) is 7.47. The zero-order valence-corrected chi connectivity index (χ0v) is 13.0. The fourth-order valence-electron chi connectivity index (χ4n) is 2.26.